The minimum absolute atomic E-state index is 0.0641. The van der Waals surface area contributed by atoms with Crippen molar-refractivity contribution in [2.75, 3.05) is 13.2 Å². The molecule has 0 radical (unpaired) electrons. The van der Waals surface area contributed by atoms with Crippen molar-refractivity contribution in [3.63, 3.8) is 0 Å². The van der Waals surface area contributed by atoms with Crippen molar-refractivity contribution in [3.05, 3.63) is 0 Å². The van der Waals surface area contributed by atoms with E-state index < -0.39 is 0 Å². The molecule has 1 fully saturated rings. The Morgan fingerprint density at radius 2 is 0.860 bits per heavy atom. The minimum atomic E-state index is -0.0641. The zero-order valence-corrected chi connectivity index (χ0v) is 29.3. The van der Waals surface area contributed by atoms with Crippen molar-refractivity contribution in [2.24, 2.45) is 0 Å². The Balaban J connectivity index is 1.78. The molecule has 254 valence electrons. The average molecular weight is 606 g/mol. The Morgan fingerprint density at radius 1 is 0.512 bits per heavy atom. The average Bonchev–Trinajstić information content (AvgIpc) is 3.63. The van der Waals surface area contributed by atoms with E-state index in [0.29, 0.717) is 18.9 Å². The van der Waals surface area contributed by atoms with E-state index in [2.05, 4.69) is 13.8 Å². The number of ether oxygens (including phenoxy) is 1. The smallest absolute Gasteiger partial charge is 0.305 e. The van der Waals surface area contributed by atoms with Crippen LogP contribution in [0.4, 0.5) is 0 Å². The lowest BCUT2D eigenvalue weighted by molar-refractivity contribution is -0.143. The zero-order chi connectivity index (χ0) is 31.1. The van der Waals surface area contributed by atoms with E-state index in [1.165, 1.54) is 173 Å². The van der Waals surface area contributed by atoms with Crippen molar-refractivity contribution in [3.8, 4) is 0 Å². The third-order valence-electron chi connectivity index (χ3n) is 9.50. The Morgan fingerprint density at radius 3 is 1.26 bits per heavy atom. The molecule has 4 heteroatoms. The van der Waals surface area contributed by atoms with Gasteiger partial charge in [0.15, 0.2) is 0 Å². The van der Waals surface area contributed by atoms with Crippen molar-refractivity contribution < 1.29 is 14.3 Å². The van der Waals surface area contributed by atoms with E-state index in [-0.39, 0.29) is 12.0 Å². The number of esters is 1. The fraction of sp³-hybridized carbons (Fsp3) is 0.949. The summed E-state index contributed by atoms with van der Waals surface area (Å²) in [5, 5.41) is 0. The lowest BCUT2D eigenvalue weighted by Crippen LogP contribution is -2.11. The second kappa shape index (κ2) is 30.9. The molecule has 1 aliphatic rings. The van der Waals surface area contributed by atoms with Crippen LogP contribution in [0.5, 0.6) is 0 Å². The maximum Gasteiger partial charge on any atom is 0.305 e. The standard InChI is InChI=1S/C39H75NO3/c1-3-5-7-9-11-13-15-17-19-21-23-25-27-29-31-34-38(41)43-36-32-35-40-37(39(40)42)33-30-28-26-24-22-20-18-16-14-12-10-8-6-4-2/h37H,3-36H2,1-2H3. The molecule has 0 aromatic carbocycles. The fourth-order valence-electron chi connectivity index (χ4n) is 6.47. The Bertz CT molecular complexity index is 622. The molecule has 1 unspecified atom stereocenters. The molecule has 1 rings (SSSR count). The molecule has 43 heavy (non-hydrogen) atoms. The monoisotopic (exact) mass is 606 g/mol. The van der Waals surface area contributed by atoms with E-state index in [9.17, 15) is 9.59 Å². The third kappa shape index (κ3) is 25.9. The molecule has 1 saturated heterocycles. The summed E-state index contributed by atoms with van der Waals surface area (Å²) >= 11 is 0. The van der Waals surface area contributed by atoms with Gasteiger partial charge in [0.2, 0.25) is 5.91 Å². The first kappa shape index (κ1) is 40.0. The van der Waals surface area contributed by atoms with Gasteiger partial charge in [-0.25, -0.2) is 0 Å². The molecule has 0 aromatic rings. The molecule has 1 atom stereocenters. The van der Waals surface area contributed by atoms with E-state index in [1.807, 2.05) is 4.90 Å². The third-order valence-corrected chi connectivity index (χ3v) is 9.50. The second-order valence-electron chi connectivity index (χ2n) is 13.7. The summed E-state index contributed by atoms with van der Waals surface area (Å²) in [5.41, 5.74) is 0. The molecule has 0 aromatic heterocycles. The largest absolute Gasteiger partial charge is 0.466 e. The van der Waals surface area contributed by atoms with E-state index in [4.69, 9.17) is 4.74 Å². The lowest BCUT2D eigenvalue weighted by atomic mass is 10.0. The number of carbonyl (C=O) groups is 2. The molecule has 0 saturated carbocycles. The fourth-order valence-corrected chi connectivity index (χ4v) is 6.47. The summed E-state index contributed by atoms with van der Waals surface area (Å²) in [5.74, 6) is 0.240. The highest BCUT2D eigenvalue weighted by Gasteiger charge is 2.43. The van der Waals surface area contributed by atoms with Crippen LogP contribution >= 0.6 is 0 Å². The van der Waals surface area contributed by atoms with E-state index >= 15 is 0 Å². The van der Waals surface area contributed by atoms with Gasteiger partial charge < -0.3 is 9.64 Å². The first-order valence-electron chi connectivity index (χ1n) is 19.7. The highest BCUT2D eigenvalue weighted by Crippen LogP contribution is 2.26. The highest BCUT2D eigenvalue weighted by atomic mass is 16.5. The van der Waals surface area contributed by atoms with E-state index in [1.54, 1.807) is 0 Å². The number of nitrogens with zero attached hydrogens (tertiary/aromatic N) is 1. The van der Waals surface area contributed by atoms with Crippen molar-refractivity contribution in [1.29, 1.82) is 0 Å². The van der Waals surface area contributed by atoms with Crippen LogP contribution in [-0.2, 0) is 14.3 Å². The number of amides is 1. The Kier molecular flexibility index (Phi) is 28.8. The number of unbranched alkanes of at least 4 members (excludes halogenated alkanes) is 27. The SMILES string of the molecule is CCCCCCCCCCCCCCCCCC(=O)OCCCN1C(=O)C1CCCCCCCCCCCCCCCC. The zero-order valence-electron chi connectivity index (χ0n) is 29.3. The molecule has 1 heterocycles. The first-order valence-corrected chi connectivity index (χ1v) is 19.7. The van der Waals surface area contributed by atoms with Crippen molar-refractivity contribution in [1.82, 2.24) is 4.90 Å². The molecule has 1 aliphatic heterocycles. The number of carbonyl (C=O) groups excluding carboxylic acids is 2. The number of hydrogen-bond acceptors (Lipinski definition) is 3. The molecular formula is C39H75NO3. The second-order valence-corrected chi connectivity index (χ2v) is 13.7. The van der Waals surface area contributed by atoms with Crippen molar-refractivity contribution in [2.45, 2.75) is 225 Å². The lowest BCUT2D eigenvalue weighted by Gasteiger charge is -2.06. The minimum Gasteiger partial charge on any atom is -0.466 e. The van der Waals surface area contributed by atoms with Crippen LogP contribution in [0.25, 0.3) is 0 Å². The molecule has 0 spiro atoms. The highest BCUT2D eigenvalue weighted by molar-refractivity contribution is 5.96. The van der Waals surface area contributed by atoms with Crippen LogP contribution in [0.1, 0.15) is 219 Å². The predicted octanol–water partition coefficient (Wildman–Crippen LogP) is 12.3. The van der Waals surface area contributed by atoms with Crippen LogP contribution in [0.2, 0.25) is 0 Å². The summed E-state index contributed by atoms with van der Waals surface area (Å²) in [6, 6.07) is 0.147. The normalized spacial score (nSPS) is 14.5. The Hall–Kier alpha value is -1.06. The number of hydrogen-bond donors (Lipinski definition) is 0. The van der Waals surface area contributed by atoms with Crippen LogP contribution in [0.3, 0.4) is 0 Å². The van der Waals surface area contributed by atoms with Crippen LogP contribution in [-0.4, -0.2) is 36.0 Å². The first-order chi connectivity index (χ1) is 21.2. The number of rotatable bonds is 35. The van der Waals surface area contributed by atoms with Gasteiger partial charge in [0, 0.05) is 13.0 Å². The molecule has 0 bridgehead atoms. The summed E-state index contributed by atoms with van der Waals surface area (Å²) in [6.45, 7) is 5.76. The molecule has 0 aliphatic carbocycles. The topological polar surface area (TPSA) is 46.4 Å². The van der Waals surface area contributed by atoms with Gasteiger partial charge in [-0.2, -0.15) is 0 Å². The Labute approximate surface area is 269 Å². The van der Waals surface area contributed by atoms with Gasteiger partial charge in [-0.15, -0.1) is 0 Å². The summed E-state index contributed by atoms with van der Waals surface area (Å²) in [7, 11) is 0. The maximum absolute atomic E-state index is 12.1. The van der Waals surface area contributed by atoms with Gasteiger partial charge in [0.05, 0.1) is 6.61 Å². The van der Waals surface area contributed by atoms with E-state index in [0.717, 1.165) is 32.2 Å². The van der Waals surface area contributed by atoms with Gasteiger partial charge in [-0.3, -0.25) is 9.59 Å². The van der Waals surface area contributed by atoms with Gasteiger partial charge in [0.1, 0.15) is 6.04 Å². The molecular weight excluding hydrogens is 530 g/mol. The van der Waals surface area contributed by atoms with Crippen LogP contribution in [0, 0.1) is 0 Å². The van der Waals surface area contributed by atoms with Gasteiger partial charge in [0.25, 0.3) is 0 Å². The maximum atomic E-state index is 12.1. The van der Waals surface area contributed by atoms with Gasteiger partial charge >= 0.3 is 5.97 Å². The molecule has 1 amide bonds. The molecule has 4 nitrogen and oxygen atoms in total. The van der Waals surface area contributed by atoms with Crippen LogP contribution < -0.4 is 0 Å². The van der Waals surface area contributed by atoms with Gasteiger partial charge in [-0.05, 0) is 19.3 Å². The molecule has 0 N–H and O–H groups in total. The summed E-state index contributed by atoms with van der Waals surface area (Å²) in [6.07, 6.45) is 41.5. The quantitative estimate of drug-likeness (QED) is 0.0410. The van der Waals surface area contributed by atoms with Gasteiger partial charge in [-0.1, -0.05) is 194 Å². The van der Waals surface area contributed by atoms with Crippen molar-refractivity contribution >= 4 is 11.9 Å². The summed E-state index contributed by atoms with van der Waals surface area (Å²) < 4.78 is 5.42. The summed E-state index contributed by atoms with van der Waals surface area (Å²) in [4.78, 5) is 26.1. The predicted molar refractivity (Wildman–Crippen MR) is 186 cm³/mol. The van der Waals surface area contributed by atoms with Crippen LogP contribution in [0.15, 0.2) is 0 Å².